The van der Waals surface area contributed by atoms with E-state index in [1.54, 1.807) is 0 Å². The number of hydrogen-bond acceptors (Lipinski definition) is 1. The van der Waals surface area contributed by atoms with Crippen LogP contribution in [0.4, 0.5) is 0 Å². The van der Waals surface area contributed by atoms with Gasteiger partial charge in [-0.1, -0.05) is 109 Å². The summed E-state index contributed by atoms with van der Waals surface area (Å²) in [5, 5.41) is 9.73. The number of furan rings is 1. The second-order valence-electron chi connectivity index (χ2n) is 15.3. The Bertz CT molecular complexity index is 3770. The van der Waals surface area contributed by atoms with Gasteiger partial charge in [0.1, 0.15) is 11.2 Å². The molecule has 0 N–H and O–H groups in total. The molecule has 0 aliphatic rings. The number of rotatable bonds is 4. The third-order valence-electron chi connectivity index (χ3n) is 12.2. The van der Waals surface area contributed by atoms with Crippen molar-refractivity contribution in [2.45, 2.75) is 0 Å². The second kappa shape index (κ2) is 11.8. The number of fused-ring (bicyclic) bond motifs is 14. The average Bonchev–Trinajstić information content (AvgIpc) is 4.03. The van der Waals surface area contributed by atoms with Gasteiger partial charge in [0.25, 0.3) is 0 Å². The molecule has 0 saturated carbocycles. The summed E-state index contributed by atoms with van der Waals surface area (Å²) in [5.74, 6) is 0. The molecule has 0 aliphatic heterocycles. The zero-order chi connectivity index (χ0) is 37.9. The van der Waals surface area contributed by atoms with Crippen LogP contribution in [0.5, 0.6) is 0 Å². The van der Waals surface area contributed by atoms with Gasteiger partial charge in [-0.3, -0.25) is 0 Å². The number of nitrogens with zero attached hydrogens (tertiary/aromatic N) is 3. The Morgan fingerprint density at radius 3 is 1.38 bits per heavy atom. The molecule has 0 saturated heterocycles. The van der Waals surface area contributed by atoms with Crippen molar-refractivity contribution in [3.8, 4) is 28.2 Å². The molecular weight excluding hydrogens is 707 g/mol. The minimum absolute atomic E-state index is 0.907. The van der Waals surface area contributed by atoms with Crippen LogP contribution in [0.2, 0.25) is 0 Å². The van der Waals surface area contributed by atoms with Crippen LogP contribution in [-0.2, 0) is 0 Å². The lowest BCUT2D eigenvalue weighted by atomic mass is 9.99. The van der Waals surface area contributed by atoms with Crippen LogP contribution in [0.1, 0.15) is 0 Å². The van der Waals surface area contributed by atoms with Crippen molar-refractivity contribution in [2.75, 3.05) is 0 Å². The molecule has 4 aromatic heterocycles. The molecule has 0 atom stereocenters. The summed E-state index contributed by atoms with van der Waals surface area (Å²) in [7, 11) is 0. The van der Waals surface area contributed by atoms with E-state index >= 15 is 0 Å². The predicted molar refractivity (Wildman–Crippen MR) is 242 cm³/mol. The van der Waals surface area contributed by atoms with Gasteiger partial charge in [-0.15, -0.1) is 0 Å². The molecule has 0 fully saturated rings. The lowest BCUT2D eigenvalue weighted by Gasteiger charge is -2.10. The summed E-state index contributed by atoms with van der Waals surface area (Å²) in [6.07, 6.45) is 0. The molecule has 4 heteroatoms. The van der Waals surface area contributed by atoms with E-state index < -0.39 is 0 Å². The van der Waals surface area contributed by atoms with Gasteiger partial charge in [0.15, 0.2) is 0 Å². The van der Waals surface area contributed by atoms with Crippen molar-refractivity contribution in [1.82, 2.24) is 13.7 Å². The summed E-state index contributed by atoms with van der Waals surface area (Å²) in [6.45, 7) is 0. The fourth-order valence-electron chi connectivity index (χ4n) is 9.82. The summed E-state index contributed by atoms with van der Waals surface area (Å²) in [6, 6.07) is 72.4. The van der Waals surface area contributed by atoms with Crippen molar-refractivity contribution in [3.63, 3.8) is 0 Å². The smallest absolute Gasteiger partial charge is 0.136 e. The van der Waals surface area contributed by atoms with E-state index in [0.29, 0.717) is 0 Å². The maximum absolute atomic E-state index is 6.40. The fourth-order valence-corrected chi connectivity index (χ4v) is 9.82. The fraction of sp³-hybridized carbons (Fsp3) is 0. The van der Waals surface area contributed by atoms with Crippen molar-refractivity contribution in [3.05, 3.63) is 200 Å². The molecule has 58 heavy (non-hydrogen) atoms. The first kappa shape index (κ1) is 31.4. The molecule has 0 spiro atoms. The average molecular weight is 740 g/mol. The van der Waals surface area contributed by atoms with Crippen LogP contribution >= 0.6 is 0 Å². The first-order chi connectivity index (χ1) is 28.8. The van der Waals surface area contributed by atoms with E-state index in [4.69, 9.17) is 4.42 Å². The first-order valence-electron chi connectivity index (χ1n) is 19.9. The Morgan fingerprint density at radius 1 is 0.259 bits per heavy atom. The van der Waals surface area contributed by atoms with Crippen LogP contribution in [-0.4, -0.2) is 13.7 Å². The van der Waals surface area contributed by atoms with E-state index in [0.717, 1.165) is 50.0 Å². The normalized spacial score (nSPS) is 12.1. The zero-order valence-electron chi connectivity index (χ0n) is 31.3. The van der Waals surface area contributed by atoms with Gasteiger partial charge in [-0.05, 0) is 102 Å². The Kier molecular flexibility index (Phi) is 6.41. The van der Waals surface area contributed by atoms with Gasteiger partial charge in [-0.25, -0.2) is 0 Å². The van der Waals surface area contributed by atoms with Crippen LogP contribution in [0, 0.1) is 0 Å². The maximum Gasteiger partial charge on any atom is 0.136 e. The van der Waals surface area contributed by atoms with Crippen molar-refractivity contribution in [1.29, 1.82) is 0 Å². The van der Waals surface area contributed by atoms with Crippen molar-refractivity contribution >= 4 is 87.4 Å². The highest BCUT2D eigenvalue weighted by atomic mass is 16.3. The Morgan fingerprint density at radius 2 is 0.707 bits per heavy atom. The van der Waals surface area contributed by atoms with E-state index in [-0.39, 0.29) is 0 Å². The number of benzene rings is 9. The summed E-state index contributed by atoms with van der Waals surface area (Å²) in [4.78, 5) is 0. The second-order valence-corrected chi connectivity index (χ2v) is 15.3. The first-order valence-corrected chi connectivity index (χ1v) is 19.9. The van der Waals surface area contributed by atoms with Gasteiger partial charge < -0.3 is 18.1 Å². The molecule has 9 aromatic carbocycles. The zero-order valence-corrected chi connectivity index (χ0v) is 31.3. The summed E-state index contributed by atoms with van der Waals surface area (Å²) >= 11 is 0. The Balaban J connectivity index is 1.13. The number of hydrogen-bond donors (Lipinski definition) is 0. The van der Waals surface area contributed by atoms with E-state index in [1.165, 1.54) is 65.5 Å². The van der Waals surface area contributed by atoms with Crippen LogP contribution in [0.15, 0.2) is 205 Å². The van der Waals surface area contributed by atoms with Crippen molar-refractivity contribution < 1.29 is 4.42 Å². The largest absolute Gasteiger partial charge is 0.456 e. The maximum atomic E-state index is 6.40. The highest BCUT2D eigenvalue weighted by molar-refractivity contribution is 6.30. The highest BCUT2D eigenvalue weighted by Gasteiger charge is 2.22. The molecule has 0 aliphatic carbocycles. The van der Waals surface area contributed by atoms with Crippen LogP contribution < -0.4 is 0 Å². The van der Waals surface area contributed by atoms with Crippen LogP contribution in [0.3, 0.4) is 0 Å². The topological polar surface area (TPSA) is 27.9 Å². The molecule has 270 valence electrons. The van der Waals surface area contributed by atoms with E-state index in [2.05, 4.69) is 208 Å². The lowest BCUT2D eigenvalue weighted by molar-refractivity contribution is 0.669. The van der Waals surface area contributed by atoms with Crippen LogP contribution in [0.25, 0.3) is 116 Å². The molecule has 0 unspecified atom stereocenters. The molecule has 0 amide bonds. The standard InChI is InChI=1S/C54H33N3O/c1-4-14-36(15-5-1)55-43-22-12-10-20-39(43)51-45(55)28-29-46-53(51)42-32-34(25-27-44(42)56(46)37-16-6-2-7-17-37)35-24-26-40-48(33-35)57(38-18-8-3-9-19-38)47-30-31-50-54(52(40)47)41-21-11-13-23-49(41)58-50/h1-33H. The Hall–Kier alpha value is -7.82. The third-order valence-corrected chi connectivity index (χ3v) is 12.2. The minimum Gasteiger partial charge on any atom is -0.456 e. The number of para-hydroxylation sites is 5. The van der Waals surface area contributed by atoms with Gasteiger partial charge in [0.2, 0.25) is 0 Å². The monoisotopic (exact) mass is 739 g/mol. The third kappa shape index (κ3) is 4.29. The molecule has 0 radical (unpaired) electrons. The molecular formula is C54H33N3O. The summed E-state index contributed by atoms with van der Waals surface area (Å²) in [5.41, 5.74) is 14.7. The van der Waals surface area contributed by atoms with Gasteiger partial charge in [-0.2, -0.15) is 0 Å². The highest BCUT2D eigenvalue weighted by Crippen LogP contribution is 2.45. The van der Waals surface area contributed by atoms with Gasteiger partial charge in [0.05, 0.1) is 33.1 Å². The van der Waals surface area contributed by atoms with E-state index in [1.807, 2.05) is 6.07 Å². The SMILES string of the molecule is c1ccc(-n2c3cc(-c4ccc5c(c4)c4c6c7ccccc7n(-c7ccccc7)c6ccc4n5-c4ccccc4)ccc3c3c4c(ccc32)oc2ccccc24)cc1. The molecule has 13 aromatic rings. The molecule has 13 rings (SSSR count). The quantitative estimate of drug-likeness (QED) is 0.177. The van der Waals surface area contributed by atoms with E-state index in [9.17, 15) is 0 Å². The molecule has 4 nitrogen and oxygen atoms in total. The lowest BCUT2D eigenvalue weighted by Crippen LogP contribution is -1.94. The molecule has 4 heterocycles. The molecule has 0 bridgehead atoms. The summed E-state index contributed by atoms with van der Waals surface area (Å²) < 4.78 is 13.7. The van der Waals surface area contributed by atoms with Gasteiger partial charge in [0, 0.05) is 60.2 Å². The Labute approximate surface area is 332 Å². The van der Waals surface area contributed by atoms with Crippen molar-refractivity contribution in [2.24, 2.45) is 0 Å². The number of aromatic nitrogens is 3. The van der Waals surface area contributed by atoms with Gasteiger partial charge >= 0.3 is 0 Å². The minimum atomic E-state index is 0.907. The predicted octanol–water partition coefficient (Wildman–Crippen LogP) is 14.5.